The van der Waals surface area contributed by atoms with Gasteiger partial charge in [0, 0.05) is 25.0 Å². The van der Waals surface area contributed by atoms with Crippen molar-refractivity contribution in [2.75, 3.05) is 25.5 Å². The molecule has 3 N–H and O–H groups in total. The number of para-hydroxylation sites is 1. The fourth-order valence-corrected chi connectivity index (χ4v) is 4.81. The first-order valence-corrected chi connectivity index (χ1v) is 11.7. The molecule has 1 aliphatic rings. The third-order valence-electron chi connectivity index (χ3n) is 6.58. The topological polar surface area (TPSA) is 112 Å². The normalized spacial score (nSPS) is 13.7. The summed E-state index contributed by atoms with van der Waals surface area (Å²) in [5.41, 5.74) is 5.81. The lowest BCUT2D eigenvalue weighted by Crippen LogP contribution is -2.40. The number of nitrogens with zero attached hydrogens (tertiary/aromatic N) is 5. The number of aliphatic hydroxyl groups is 1. The third kappa shape index (κ3) is 4.13. The van der Waals surface area contributed by atoms with Crippen LogP contribution in [0.2, 0.25) is 0 Å². The largest absolute Gasteiger partial charge is 0.395 e. The van der Waals surface area contributed by atoms with Crippen molar-refractivity contribution in [3.63, 3.8) is 0 Å². The zero-order valence-electron chi connectivity index (χ0n) is 20.2. The van der Waals surface area contributed by atoms with Crippen molar-refractivity contribution in [3.05, 3.63) is 80.8 Å². The predicted molar refractivity (Wildman–Crippen MR) is 135 cm³/mol. The monoisotopic (exact) mass is 471 g/mol. The number of aromatic nitrogens is 4. The zero-order valence-corrected chi connectivity index (χ0v) is 20.2. The number of fused-ring (bicyclic) bond motifs is 2. The molecule has 9 heteroatoms. The molecule has 9 nitrogen and oxygen atoms in total. The summed E-state index contributed by atoms with van der Waals surface area (Å²) in [6, 6.07) is 12.0. The average molecular weight is 472 g/mol. The number of likely N-dealkylation sites (N-methyl/N-ethyl adjacent to an activating group) is 1. The van der Waals surface area contributed by atoms with Gasteiger partial charge in [-0.3, -0.25) is 9.98 Å². The molecule has 2 aromatic heterocycles. The molecule has 0 spiro atoms. The highest BCUT2D eigenvalue weighted by Crippen LogP contribution is 2.24. The van der Waals surface area contributed by atoms with Crippen LogP contribution in [0.4, 0.5) is 11.6 Å². The molecule has 0 atom stereocenters. The second-order valence-corrected chi connectivity index (χ2v) is 9.11. The van der Waals surface area contributed by atoms with E-state index in [2.05, 4.69) is 39.4 Å². The van der Waals surface area contributed by atoms with Gasteiger partial charge in [-0.05, 0) is 61.7 Å². The van der Waals surface area contributed by atoms with Crippen molar-refractivity contribution >= 4 is 22.7 Å². The van der Waals surface area contributed by atoms with E-state index in [9.17, 15) is 9.90 Å². The average Bonchev–Trinajstić information content (AvgIpc) is 2.83. The van der Waals surface area contributed by atoms with Crippen LogP contribution in [0, 0.1) is 19.3 Å². The van der Waals surface area contributed by atoms with E-state index in [1.165, 1.54) is 20.3 Å². The van der Waals surface area contributed by atoms with Gasteiger partial charge in [-0.15, -0.1) is 0 Å². The van der Waals surface area contributed by atoms with Gasteiger partial charge in [0.1, 0.15) is 5.49 Å². The highest BCUT2D eigenvalue weighted by molar-refractivity contribution is 5.75. The summed E-state index contributed by atoms with van der Waals surface area (Å²) >= 11 is 0. The molecule has 0 fully saturated rings. The minimum absolute atomic E-state index is 0.0138. The second kappa shape index (κ2) is 9.09. The minimum atomic E-state index is -0.421. The van der Waals surface area contributed by atoms with Gasteiger partial charge in [0.25, 0.3) is 0 Å². The highest BCUT2D eigenvalue weighted by atomic mass is 16.3. The molecule has 5 rings (SSSR count). The van der Waals surface area contributed by atoms with Crippen molar-refractivity contribution in [1.29, 1.82) is 5.41 Å². The van der Waals surface area contributed by atoms with Crippen molar-refractivity contribution < 1.29 is 5.11 Å². The minimum Gasteiger partial charge on any atom is -0.395 e. The number of anilines is 2. The number of hydrogen-bond donors (Lipinski definition) is 3. The van der Waals surface area contributed by atoms with Gasteiger partial charge in [0.15, 0.2) is 5.65 Å². The summed E-state index contributed by atoms with van der Waals surface area (Å²) in [6.45, 7) is 5.59. The number of benzene rings is 2. The Morgan fingerprint density at radius 2 is 1.91 bits per heavy atom. The van der Waals surface area contributed by atoms with Gasteiger partial charge in [-0.2, -0.15) is 4.98 Å². The standard InChI is InChI=1S/C26H29N7O2/c1-16-5-4-6-17(2)22(16)33-23(27)21-14-28-25(30-24(21)32(11-12-34)26(33)35)29-20-8-7-18-9-10-31(3)15-19(18)13-20/h4-8,13-14,27,34H,9-12,15H2,1-3H3,(H,28,29,30). The van der Waals surface area contributed by atoms with E-state index in [4.69, 9.17) is 5.41 Å². The molecular formula is C26H29N7O2. The van der Waals surface area contributed by atoms with E-state index in [1.54, 1.807) is 6.20 Å². The maximum atomic E-state index is 13.6. The van der Waals surface area contributed by atoms with Crippen molar-refractivity contribution in [2.24, 2.45) is 0 Å². The number of aliphatic hydroxyl groups excluding tert-OH is 1. The molecule has 3 heterocycles. The van der Waals surface area contributed by atoms with Gasteiger partial charge in [0.2, 0.25) is 5.95 Å². The molecule has 0 unspecified atom stereocenters. The lowest BCUT2D eigenvalue weighted by atomic mass is 9.99. The van der Waals surface area contributed by atoms with Crippen LogP contribution >= 0.6 is 0 Å². The molecule has 1 aliphatic heterocycles. The summed E-state index contributed by atoms with van der Waals surface area (Å²) in [5.74, 6) is 0.330. The molecule has 0 saturated heterocycles. The van der Waals surface area contributed by atoms with Crippen LogP contribution < -0.4 is 16.5 Å². The summed E-state index contributed by atoms with van der Waals surface area (Å²) in [5, 5.41) is 22.2. The number of hydrogen-bond acceptors (Lipinski definition) is 7. The first-order chi connectivity index (χ1) is 16.9. The van der Waals surface area contributed by atoms with E-state index in [0.717, 1.165) is 36.3 Å². The maximum absolute atomic E-state index is 13.6. The quantitative estimate of drug-likeness (QED) is 0.412. The molecule has 0 saturated carbocycles. The Hall–Kier alpha value is -3.82. The van der Waals surface area contributed by atoms with E-state index >= 15 is 0 Å². The Morgan fingerprint density at radius 1 is 1.14 bits per heavy atom. The SMILES string of the molecule is Cc1cccc(C)c1-n1c(=N)c2cnc(Nc3ccc4c(c3)CN(C)CC4)nc2n(CCO)c1=O. The molecule has 0 radical (unpaired) electrons. The predicted octanol–water partition coefficient (Wildman–Crippen LogP) is 2.40. The van der Waals surface area contributed by atoms with Crippen molar-refractivity contribution in [3.8, 4) is 5.69 Å². The van der Waals surface area contributed by atoms with Gasteiger partial charge in [-0.1, -0.05) is 24.3 Å². The molecule has 4 aromatic rings. The Labute approximate surface area is 202 Å². The Balaban J connectivity index is 1.63. The van der Waals surface area contributed by atoms with Gasteiger partial charge < -0.3 is 15.3 Å². The number of nitrogens with one attached hydrogen (secondary N) is 2. The van der Waals surface area contributed by atoms with Crippen LogP contribution in [0.3, 0.4) is 0 Å². The van der Waals surface area contributed by atoms with Gasteiger partial charge >= 0.3 is 5.69 Å². The van der Waals surface area contributed by atoms with Crippen molar-refractivity contribution in [2.45, 2.75) is 33.4 Å². The third-order valence-corrected chi connectivity index (χ3v) is 6.58. The summed E-state index contributed by atoms with van der Waals surface area (Å²) in [4.78, 5) is 24.9. The molecule has 0 bridgehead atoms. The maximum Gasteiger partial charge on any atom is 0.336 e. The van der Waals surface area contributed by atoms with Crippen LogP contribution in [-0.4, -0.2) is 49.3 Å². The lowest BCUT2D eigenvalue weighted by Gasteiger charge is -2.25. The molecule has 35 heavy (non-hydrogen) atoms. The fraction of sp³-hybridized carbons (Fsp3) is 0.308. The molecule has 0 amide bonds. The molecule has 180 valence electrons. The second-order valence-electron chi connectivity index (χ2n) is 9.11. The first-order valence-electron chi connectivity index (χ1n) is 11.7. The first kappa shape index (κ1) is 22.9. The summed E-state index contributed by atoms with van der Waals surface area (Å²) in [6.07, 6.45) is 2.59. The smallest absolute Gasteiger partial charge is 0.336 e. The van der Waals surface area contributed by atoms with Crippen molar-refractivity contribution in [1.82, 2.24) is 24.0 Å². The Kier molecular flexibility index (Phi) is 5.96. The van der Waals surface area contributed by atoms with Crippen LogP contribution in [0.1, 0.15) is 22.3 Å². The van der Waals surface area contributed by atoms with Crippen LogP contribution in [0.25, 0.3) is 16.7 Å². The number of rotatable bonds is 5. The Morgan fingerprint density at radius 3 is 2.66 bits per heavy atom. The number of aryl methyl sites for hydroxylation is 2. The van der Waals surface area contributed by atoms with E-state index in [-0.39, 0.29) is 18.6 Å². The molecule has 2 aromatic carbocycles. The van der Waals surface area contributed by atoms with Gasteiger partial charge in [-0.25, -0.2) is 14.3 Å². The van der Waals surface area contributed by atoms with E-state index < -0.39 is 5.69 Å². The fourth-order valence-electron chi connectivity index (χ4n) is 4.81. The van der Waals surface area contributed by atoms with E-state index in [1.807, 2.05) is 38.1 Å². The zero-order chi connectivity index (χ0) is 24.7. The summed E-state index contributed by atoms with van der Waals surface area (Å²) in [7, 11) is 2.11. The Bertz CT molecular complexity index is 1530. The highest BCUT2D eigenvalue weighted by Gasteiger charge is 2.18. The molecule has 0 aliphatic carbocycles. The van der Waals surface area contributed by atoms with Crippen LogP contribution in [0.15, 0.2) is 47.4 Å². The lowest BCUT2D eigenvalue weighted by molar-refractivity contribution is 0.274. The van der Waals surface area contributed by atoms with Crippen LogP contribution in [0.5, 0.6) is 0 Å². The van der Waals surface area contributed by atoms with E-state index in [0.29, 0.717) is 22.7 Å². The van der Waals surface area contributed by atoms with Gasteiger partial charge in [0.05, 0.1) is 24.2 Å². The molecular weight excluding hydrogens is 442 g/mol. The summed E-state index contributed by atoms with van der Waals surface area (Å²) < 4.78 is 2.78. The van der Waals surface area contributed by atoms with Crippen LogP contribution in [-0.2, 0) is 19.5 Å².